The van der Waals surface area contributed by atoms with Gasteiger partial charge in [0.25, 0.3) is 0 Å². The van der Waals surface area contributed by atoms with Crippen LogP contribution in [0.4, 0.5) is 5.69 Å². The van der Waals surface area contributed by atoms with Crippen LogP contribution in [0.2, 0.25) is 0 Å². The van der Waals surface area contributed by atoms with Gasteiger partial charge in [-0.25, -0.2) is 0 Å². The summed E-state index contributed by atoms with van der Waals surface area (Å²) in [4.78, 5) is 10.8. The number of benzene rings is 1. The van der Waals surface area contributed by atoms with E-state index in [0.717, 1.165) is 30.1 Å². The molecule has 3 heteroatoms. The molecule has 0 bridgehead atoms. The molecule has 0 atom stereocenters. The van der Waals surface area contributed by atoms with E-state index in [2.05, 4.69) is 43.4 Å². The molecule has 0 aliphatic rings. The topological polar surface area (TPSA) is 29.1 Å². The fourth-order valence-corrected chi connectivity index (χ4v) is 3.80. The summed E-state index contributed by atoms with van der Waals surface area (Å²) < 4.78 is 0. The summed E-state index contributed by atoms with van der Waals surface area (Å²) in [5.41, 5.74) is 2.32. The quantitative estimate of drug-likeness (QED) is 0.179. The first kappa shape index (κ1) is 26.0. The predicted octanol–water partition coefficient (Wildman–Crippen LogP) is 8.52. The maximum absolute atomic E-state index is 10.8. The molecular formula is C26H44ClNO. The van der Waals surface area contributed by atoms with Crippen LogP contribution < -0.4 is 5.32 Å². The summed E-state index contributed by atoms with van der Waals surface area (Å²) in [5.74, 6) is 0.873. The molecule has 0 aromatic heterocycles. The minimum Gasteiger partial charge on any atom is -0.385 e. The Morgan fingerprint density at radius 1 is 0.793 bits per heavy atom. The molecule has 0 saturated carbocycles. The molecule has 2 nitrogen and oxygen atoms in total. The Morgan fingerprint density at radius 3 is 1.76 bits per heavy atom. The molecular weight excluding hydrogens is 378 g/mol. The van der Waals surface area contributed by atoms with Crippen molar-refractivity contribution < 1.29 is 4.79 Å². The molecule has 0 radical (unpaired) electrons. The highest BCUT2D eigenvalue weighted by molar-refractivity contribution is 6.63. The molecule has 1 rings (SSSR count). The summed E-state index contributed by atoms with van der Waals surface area (Å²) >= 11 is 5.39. The van der Waals surface area contributed by atoms with Crippen molar-refractivity contribution in [2.75, 3.05) is 11.9 Å². The molecule has 0 unspecified atom stereocenters. The van der Waals surface area contributed by atoms with Gasteiger partial charge in [-0.1, -0.05) is 103 Å². The fourth-order valence-electron chi connectivity index (χ4n) is 3.71. The van der Waals surface area contributed by atoms with Crippen molar-refractivity contribution in [3.05, 3.63) is 29.8 Å². The zero-order valence-electron chi connectivity index (χ0n) is 19.0. The van der Waals surface area contributed by atoms with Crippen LogP contribution in [-0.2, 0) is 11.2 Å². The van der Waals surface area contributed by atoms with Gasteiger partial charge in [-0.15, -0.1) is 0 Å². The summed E-state index contributed by atoms with van der Waals surface area (Å²) in [6.45, 7) is 5.69. The first-order valence-corrected chi connectivity index (χ1v) is 12.5. The van der Waals surface area contributed by atoms with Crippen LogP contribution in [0.5, 0.6) is 0 Å². The molecule has 0 spiro atoms. The van der Waals surface area contributed by atoms with E-state index < -0.39 is 0 Å². The van der Waals surface area contributed by atoms with Crippen LogP contribution >= 0.6 is 11.6 Å². The van der Waals surface area contributed by atoms with Crippen molar-refractivity contribution in [2.24, 2.45) is 5.92 Å². The first-order chi connectivity index (χ1) is 14.1. The van der Waals surface area contributed by atoms with Crippen LogP contribution in [0.1, 0.15) is 109 Å². The molecule has 0 heterocycles. The van der Waals surface area contributed by atoms with Crippen LogP contribution in [0.3, 0.4) is 0 Å². The number of nitrogens with one attached hydrogen (secondary N) is 1. The Bertz CT molecular complexity index is 512. The van der Waals surface area contributed by atoms with Gasteiger partial charge < -0.3 is 5.32 Å². The summed E-state index contributed by atoms with van der Waals surface area (Å²) in [7, 11) is 0. The van der Waals surface area contributed by atoms with Crippen LogP contribution in [0.15, 0.2) is 24.3 Å². The van der Waals surface area contributed by atoms with Crippen molar-refractivity contribution in [1.82, 2.24) is 0 Å². The van der Waals surface area contributed by atoms with Crippen LogP contribution in [0, 0.1) is 5.92 Å². The highest BCUT2D eigenvalue weighted by Gasteiger charge is 1.99. The standard InChI is InChI=1S/C26H44ClNO/c1-23(2)15-13-11-9-7-5-3-4-6-8-10-12-14-22-28-25-19-16-24(17-20-25)18-21-26(27)29/h16-17,19-20,23,28H,3-15,18,21-22H2,1-2H3. The van der Waals surface area contributed by atoms with Gasteiger partial charge >= 0.3 is 0 Å². The van der Waals surface area contributed by atoms with Crippen molar-refractivity contribution in [1.29, 1.82) is 0 Å². The van der Waals surface area contributed by atoms with E-state index in [0.29, 0.717) is 6.42 Å². The number of halogens is 1. The van der Waals surface area contributed by atoms with Gasteiger partial charge in [0.2, 0.25) is 5.24 Å². The lowest BCUT2D eigenvalue weighted by Gasteiger charge is -2.07. The van der Waals surface area contributed by atoms with E-state index in [1.54, 1.807) is 0 Å². The second kappa shape index (κ2) is 17.8. The van der Waals surface area contributed by atoms with Crippen molar-refractivity contribution in [3.8, 4) is 0 Å². The highest BCUT2D eigenvalue weighted by Crippen LogP contribution is 2.15. The number of carbonyl (C=O) groups is 1. The number of hydrogen-bond acceptors (Lipinski definition) is 2. The van der Waals surface area contributed by atoms with E-state index in [-0.39, 0.29) is 5.24 Å². The summed E-state index contributed by atoms with van der Waals surface area (Å²) in [5, 5.41) is 3.23. The molecule has 0 aliphatic carbocycles. The fraction of sp³-hybridized carbons (Fsp3) is 0.731. The van der Waals surface area contributed by atoms with Crippen LogP contribution in [0.25, 0.3) is 0 Å². The van der Waals surface area contributed by atoms with E-state index >= 15 is 0 Å². The minimum atomic E-state index is -0.264. The highest BCUT2D eigenvalue weighted by atomic mass is 35.5. The Hall–Kier alpha value is -1.02. The molecule has 0 aliphatic heterocycles. The van der Waals surface area contributed by atoms with Gasteiger partial charge in [-0.3, -0.25) is 4.79 Å². The predicted molar refractivity (Wildman–Crippen MR) is 129 cm³/mol. The van der Waals surface area contributed by atoms with Gasteiger partial charge in [-0.2, -0.15) is 0 Å². The van der Waals surface area contributed by atoms with E-state index in [1.807, 2.05) is 0 Å². The number of anilines is 1. The number of aryl methyl sites for hydroxylation is 1. The Labute approximate surface area is 185 Å². The lowest BCUT2D eigenvalue weighted by atomic mass is 10.0. The van der Waals surface area contributed by atoms with Gasteiger partial charge in [-0.05, 0) is 48.1 Å². The molecule has 1 aromatic rings. The van der Waals surface area contributed by atoms with Gasteiger partial charge in [0.15, 0.2) is 0 Å². The third-order valence-electron chi connectivity index (χ3n) is 5.60. The molecule has 1 aromatic carbocycles. The third kappa shape index (κ3) is 16.5. The zero-order valence-corrected chi connectivity index (χ0v) is 19.7. The summed E-state index contributed by atoms with van der Waals surface area (Å²) in [6.07, 6.45) is 19.3. The Kier molecular flexibility index (Phi) is 16.0. The second-order valence-corrected chi connectivity index (χ2v) is 9.33. The van der Waals surface area contributed by atoms with Crippen LogP contribution in [-0.4, -0.2) is 11.8 Å². The normalized spacial score (nSPS) is 11.2. The third-order valence-corrected chi connectivity index (χ3v) is 5.79. The SMILES string of the molecule is CC(C)CCCCCCCCCCCCCCNc1ccc(CCC(=O)Cl)cc1. The number of hydrogen-bond donors (Lipinski definition) is 1. The molecule has 29 heavy (non-hydrogen) atoms. The van der Waals surface area contributed by atoms with Gasteiger partial charge in [0.05, 0.1) is 0 Å². The molecule has 1 N–H and O–H groups in total. The van der Waals surface area contributed by atoms with Gasteiger partial charge in [0.1, 0.15) is 0 Å². The molecule has 0 fully saturated rings. The van der Waals surface area contributed by atoms with Crippen molar-refractivity contribution >= 4 is 22.5 Å². The average Bonchev–Trinajstić information content (AvgIpc) is 2.70. The number of carbonyl (C=O) groups excluding carboxylic acids is 1. The number of unbranched alkanes of at least 4 members (excludes halogenated alkanes) is 11. The lowest BCUT2D eigenvalue weighted by molar-refractivity contribution is -0.111. The maximum Gasteiger partial charge on any atom is 0.221 e. The van der Waals surface area contributed by atoms with Gasteiger partial charge in [0, 0.05) is 18.7 Å². The summed E-state index contributed by atoms with van der Waals surface area (Å²) in [6, 6.07) is 8.35. The molecule has 0 saturated heterocycles. The van der Waals surface area contributed by atoms with E-state index in [9.17, 15) is 4.79 Å². The minimum absolute atomic E-state index is 0.264. The molecule has 0 amide bonds. The van der Waals surface area contributed by atoms with Crippen molar-refractivity contribution in [3.63, 3.8) is 0 Å². The Balaban J connectivity index is 1.85. The smallest absolute Gasteiger partial charge is 0.221 e. The maximum atomic E-state index is 10.8. The molecule has 166 valence electrons. The second-order valence-electron chi connectivity index (χ2n) is 8.90. The Morgan fingerprint density at radius 2 is 1.28 bits per heavy atom. The van der Waals surface area contributed by atoms with E-state index in [1.165, 1.54) is 83.5 Å². The number of rotatable bonds is 19. The zero-order chi connectivity index (χ0) is 21.2. The first-order valence-electron chi connectivity index (χ1n) is 12.1. The average molecular weight is 422 g/mol. The lowest BCUT2D eigenvalue weighted by Crippen LogP contribution is -2.01. The van der Waals surface area contributed by atoms with E-state index in [4.69, 9.17) is 11.6 Å². The largest absolute Gasteiger partial charge is 0.385 e. The monoisotopic (exact) mass is 421 g/mol. The van der Waals surface area contributed by atoms with Crippen molar-refractivity contribution in [2.45, 2.75) is 110 Å².